The molecule has 2 heterocycles. The van der Waals surface area contributed by atoms with Gasteiger partial charge in [0.15, 0.2) is 0 Å². The Morgan fingerprint density at radius 2 is 2.25 bits per heavy atom. The summed E-state index contributed by atoms with van der Waals surface area (Å²) in [4.78, 5) is 3.88. The number of hydrogen-bond acceptors (Lipinski definition) is 5. The van der Waals surface area contributed by atoms with E-state index in [1.54, 1.807) is 12.3 Å². The highest BCUT2D eigenvalue weighted by Crippen LogP contribution is 2.27. The van der Waals surface area contributed by atoms with E-state index in [1.807, 2.05) is 0 Å². The standard InChI is InChI=1S/C10H13F3N2O3S2/c1-7-6-19-9(14-7)20(16,17)15-2-3-18-8(5-15)4-10(11,12)13/h6,8H,2-5H2,1H3. The largest absolute Gasteiger partial charge is 0.391 e. The molecule has 0 saturated carbocycles. The summed E-state index contributed by atoms with van der Waals surface area (Å²) < 4.78 is 67.4. The highest BCUT2D eigenvalue weighted by molar-refractivity contribution is 7.91. The maximum absolute atomic E-state index is 12.3. The highest BCUT2D eigenvalue weighted by Gasteiger charge is 2.38. The molecule has 0 amide bonds. The first-order chi connectivity index (χ1) is 9.18. The second-order valence-corrected chi connectivity index (χ2v) is 7.40. The Bertz CT molecular complexity index is 571. The fourth-order valence-corrected chi connectivity index (χ4v) is 4.48. The first-order valence-corrected chi connectivity index (χ1v) is 8.11. The molecule has 5 nitrogen and oxygen atoms in total. The number of thiazole rings is 1. The van der Waals surface area contributed by atoms with Crippen LogP contribution in [0.5, 0.6) is 0 Å². The minimum atomic E-state index is -4.38. The van der Waals surface area contributed by atoms with Crippen LogP contribution >= 0.6 is 11.3 Å². The Labute approximate surface area is 118 Å². The number of morpholine rings is 1. The van der Waals surface area contributed by atoms with Gasteiger partial charge in [-0.2, -0.15) is 17.5 Å². The van der Waals surface area contributed by atoms with E-state index in [2.05, 4.69) is 4.98 Å². The molecule has 0 radical (unpaired) electrons. The van der Waals surface area contributed by atoms with Gasteiger partial charge in [0.05, 0.1) is 19.1 Å². The maximum Gasteiger partial charge on any atom is 0.391 e. The lowest BCUT2D eigenvalue weighted by molar-refractivity contribution is -0.166. The fourth-order valence-electron chi connectivity index (χ4n) is 1.85. The quantitative estimate of drug-likeness (QED) is 0.848. The second kappa shape index (κ2) is 5.58. The summed E-state index contributed by atoms with van der Waals surface area (Å²) in [6.45, 7) is 1.33. The van der Waals surface area contributed by atoms with E-state index in [0.29, 0.717) is 5.69 Å². The number of aromatic nitrogens is 1. The van der Waals surface area contributed by atoms with E-state index in [0.717, 1.165) is 15.6 Å². The van der Waals surface area contributed by atoms with Crippen molar-refractivity contribution in [3.8, 4) is 0 Å². The molecule has 10 heteroatoms. The smallest absolute Gasteiger partial charge is 0.375 e. The molecular weight excluding hydrogens is 317 g/mol. The average Bonchev–Trinajstić information content (AvgIpc) is 2.74. The van der Waals surface area contributed by atoms with Crippen molar-refractivity contribution in [3.05, 3.63) is 11.1 Å². The number of rotatable bonds is 3. The first kappa shape index (κ1) is 15.7. The van der Waals surface area contributed by atoms with Crippen molar-refractivity contribution in [2.45, 2.75) is 30.0 Å². The molecular formula is C10H13F3N2O3S2. The number of halogens is 3. The molecule has 20 heavy (non-hydrogen) atoms. The Morgan fingerprint density at radius 3 is 2.80 bits per heavy atom. The number of aryl methyl sites for hydroxylation is 1. The van der Waals surface area contributed by atoms with Crippen molar-refractivity contribution in [2.75, 3.05) is 19.7 Å². The van der Waals surface area contributed by atoms with Crippen LogP contribution in [0.3, 0.4) is 0 Å². The van der Waals surface area contributed by atoms with Gasteiger partial charge in [-0.3, -0.25) is 0 Å². The molecule has 1 aliphatic rings. The molecule has 0 spiro atoms. The van der Waals surface area contributed by atoms with Crippen molar-refractivity contribution in [3.63, 3.8) is 0 Å². The van der Waals surface area contributed by atoms with Crippen LogP contribution in [-0.2, 0) is 14.8 Å². The van der Waals surface area contributed by atoms with Crippen molar-refractivity contribution >= 4 is 21.4 Å². The zero-order valence-corrected chi connectivity index (χ0v) is 12.2. The molecule has 0 bridgehead atoms. The normalized spacial score (nSPS) is 22.1. The molecule has 1 atom stereocenters. The summed E-state index contributed by atoms with van der Waals surface area (Å²) >= 11 is 0.961. The molecule has 1 aromatic heterocycles. The lowest BCUT2D eigenvalue weighted by atomic mass is 10.2. The van der Waals surface area contributed by atoms with Gasteiger partial charge in [0.25, 0.3) is 10.0 Å². The fraction of sp³-hybridized carbons (Fsp3) is 0.700. The molecule has 1 unspecified atom stereocenters. The zero-order valence-electron chi connectivity index (χ0n) is 10.6. The monoisotopic (exact) mass is 330 g/mol. The lowest BCUT2D eigenvalue weighted by Gasteiger charge is -2.31. The van der Waals surface area contributed by atoms with Gasteiger partial charge in [-0.15, -0.1) is 11.3 Å². The van der Waals surface area contributed by atoms with Gasteiger partial charge in [0, 0.05) is 24.2 Å². The highest BCUT2D eigenvalue weighted by atomic mass is 32.2. The van der Waals surface area contributed by atoms with Gasteiger partial charge in [0.2, 0.25) is 4.34 Å². The summed E-state index contributed by atoms with van der Waals surface area (Å²) in [5, 5.41) is 1.58. The molecule has 0 N–H and O–H groups in total. The van der Waals surface area contributed by atoms with Crippen LogP contribution in [0, 0.1) is 6.92 Å². The third-order valence-corrected chi connectivity index (χ3v) is 5.94. The zero-order chi connectivity index (χ0) is 15.0. The number of sulfonamides is 1. The molecule has 1 saturated heterocycles. The molecule has 2 rings (SSSR count). The van der Waals surface area contributed by atoms with Crippen LogP contribution in [0.1, 0.15) is 12.1 Å². The number of ether oxygens (including phenoxy) is 1. The number of nitrogens with zero attached hydrogens (tertiary/aromatic N) is 2. The third-order valence-electron chi connectivity index (χ3n) is 2.72. The van der Waals surface area contributed by atoms with E-state index < -0.39 is 28.7 Å². The molecule has 1 fully saturated rings. The van der Waals surface area contributed by atoms with Crippen molar-refractivity contribution in [1.82, 2.24) is 9.29 Å². The molecule has 114 valence electrons. The van der Waals surface area contributed by atoms with Crippen LogP contribution in [0.2, 0.25) is 0 Å². The van der Waals surface area contributed by atoms with Crippen molar-refractivity contribution in [1.29, 1.82) is 0 Å². The Hall–Kier alpha value is -0.710. The van der Waals surface area contributed by atoms with Crippen LogP contribution in [0.4, 0.5) is 13.2 Å². The molecule has 1 aliphatic heterocycles. The van der Waals surface area contributed by atoms with E-state index in [-0.39, 0.29) is 24.0 Å². The number of hydrogen-bond donors (Lipinski definition) is 0. The van der Waals surface area contributed by atoms with Crippen LogP contribution in [-0.4, -0.2) is 49.7 Å². The number of alkyl halides is 3. The minimum absolute atomic E-state index is 0.0370. The Kier molecular flexibility index (Phi) is 4.38. The van der Waals surface area contributed by atoms with Gasteiger partial charge >= 0.3 is 6.18 Å². The van der Waals surface area contributed by atoms with Crippen LogP contribution in [0.25, 0.3) is 0 Å². The predicted molar refractivity (Wildman–Crippen MR) is 66.0 cm³/mol. The van der Waals surface area contributed by atoms with Crippen molar-refractivity contribution in [2.24, 2.45) is 0 Å². The van der Waals surface area contributed by atoms with Gasteiger partial charge in [0.1, 0.15) is 0 Å². The topological polar surface area (TPSA) is 59.5 Å². The third kappa shape index (κ3) is 3.68. The summed E-state index contributed by atoms with van der Waals surface area (Å²) in [5.74, 6) is 0. The van der Waals surface area contributed by atoms with E-state index in [9.17, 15) is 21.6 Å². The van der Waals surface area contributed by atoms with Gasteiger partial charge in [-0.25, -0.2) is 13.4 Å². The van der Waals surface area contributed by atoms with Gasteiger partial charge in [-0.05, 0) is 6.92 Å². The lowest BCUT2D eigenvalue weighted by Crippen LogP contribution is -2.46. The van der Waals surface area contributed by atoms with Gasteiger partial charge < -0.3 is 4.74 Å². The summed E-state index contributed by atoms with van der Waals surface area (Å²) in [7, 11) is -3.84. The average molecular weight is 330 g/mol. The van der Waals surface area contributed by atoms with E-state index >= 15 is 0 Å². The Morgan fingerprint density at radius 1 is 1.55 bits per heavy atom. The molecule has 1 aromatic rings. The minimum Gasteiger partial charge on any atom is -0.375 e. The Balaban J connectivity index is 2.12. The van der Waals surface area contributed by atoms with E-state index in [1.165, 1.54) is 0 Å². The predicted octanol–water partition coefficient (Wildman–Crippen LogP) is 1.79. The van der Waals surface area contributed by atoms with Crippen molar-refractivity contribution < 1.29 is 26.3 Å². The summed E-state index contributed by atoms with van der Waals surface area (Å²) in [6.07, 6.45) is -6.70. The van der Waals surface area contributed by atoms with Crippen LogP contribution in [0.15, 0.2) is 9.72 Å². The SMILES string of the molecule is Cc1csc(S(=O)(=O)N2CCOC(CC(F)(F)F)C2)n1. The molecule has 0 aromatic carbocycles. The maximum atomic E-state index is 12.3. The first-order valence-electron chi connectivity index (χ1n) is 5.79. The summed E-state index contributed by atoms with van der Waals surface area (Å²) in [6, 6.07) is 0. The second-order valence-electron chi connectivity index (χ2n) is 4.43. The van der Waals surface area contributed by atoms with Gasteiger partial charge in [-0.1, -0.05) is 0 Å². The van der Waals surface area contributed by atoms with E-state index in [4.69, 9.17) is 4.74 Å². The summed E-state index contributed by atoms with van der Waals surface area (Å²) in [5.41, 5.74) is 0.564. The molecule has 0 aliphatic carbocycles. The van der Waals surface area contributed by atoms with Crippen LogP contribution < -0.4 is 0 Å².